The third kappa shape index (κ3) is 7.95. The average Bonchev–Trinajstić information content (AvgIpc) is 2.53. The van der Waals surface area contributed by atoms with Crippen LogP contribution in [0.2, 0.25) is 0 Å². The number of carboxylic acids is 1. The maximum absolute atomic E-state index is 11.8. The number of esters is 1. The number of benzene rings is 1. The van der Waals surface area contributed by atoms with Gasteiger partial charge in [0.1, 0.15) is 12.4 Å². The molecule has 0 saturated heterocycles. The maximum atomic E-state index is 11.8. The van der Waals surface area contributed by atoms with Gasteiger partial charge < -0.3 is 9.84 Å². The van der Waals surface area contributed by atoms with Gasteiger partial charge in [0.25, 0.3) is 0 Å². The second-order valence-electron chi connectivity index (χ2n) is 5.31. The number of rotatable bonds is 11. The van der Waals surface area contributed by atoms with Crippen molar-refractivity contribution in [3.8, 4) is 0 Å². The number of carboxylic acid groups (broad SMARTS) is 1. The van der Waals surface area contributed by atoms with E-state index in [9.17, 15) is 14.4 Å². The monoisotopic (exact) mass is 318 g/mol. The number of hydrogen-bond acceptors (Lipinski definition) is 4. The van der Waals surface area contributed by atoms with Crippen LogP contribution in [0.15, 0.2) is 43.0 Å². The van der Waals surface area contributed by atoms with Crippen molar-refractivity contribution in [1.82, 2.24) is 0 Å². The summed E-state index contributed by atoms with van der Waals surface area (Å²) in [5.41, 5.74) is 0.827. The van der Waals surface area contributed by atoms with Gasteiger partial charge in [0.05, 0.1) is 12.3 Å². The maximum Gasteiger partial charge on any atom is 0.307 e. The van der Waals surface area contributed by atoms with Crippen molar-refractivity contribution in [3.63, 3.8) is 0 Å². The molecule has 0 unspecified atom stereocenters. The first kappa shape index (κ1) is 18.6. The van der Waals surface area contributed by atoms with Crippen LogP contribution in [0.4, 0.5) is 0 Å². The Balaban J connectivity index is 2.42. The highest BCUT2D eigenvalue weighted by atomic mass is 16.5. The summed E-state index contributed by atoms with van der Waals surface area (Å²) >= 11 is 0. The van der Waals surface area contributed by atoms with Gasteiger partial charge in [-0.1, -0.05) is 36.4 Å². The van der Waals surface area contributed by atoms with Crippen molar-refractivity contribution in [3.05, 3.63) is 48.6 Å². The predicted molar refractivity (Wildman–Crippen MR) is 85.7 cm³/mol. The Labute approximate surface area is 136 Å². The zero-order chi connectivity index (χ0) is 17.1. The van der Waals surface area contributed by atoms with Crippen LogP contribution in [0.5, 0.6) is 0 Å². The molecule has 1 rings (SSSR count). The van der Waals surface area contributed by atoms with Crippen molar-refractivity contribution in [2.75, 3.05) is 0 Å². The van der Waals surface area contributed by atoms with Crippen LogP contribution in [-0.2, 0) is 25.7 Å². The van der Waals surface area contributed by atoms with Crippen LogP contribution in [-0.4, -0.2) is 22.8 Å². The van der Waals surface area contributed by atoms with Crippen LogP contribution in [0.1, 0.15) is 37.7 Å². The molecule has 0 heterocycles. The summed E-state index contributed by atoms with van der Waals surface area (Å²) in [5.74, 6) is -2.96. The fraction of sp³-hybridized carbons (Fsp3) is 0.389. The molecular weight excluding hydrogens is 296 g/mol. The third-order valence-corrected chi connectivity index (χ3v) is 3.34. The smallest absolute Gasteiger partial charge is 0.307 e. The molecule has 0 aliphatic rings. The van der Waals surface area contributed by atoms with E-state index in [0.29, 0.717) is 19.3 Å². The van der Waals surface area contributed by atoms with Gasteiger partial charge in [0, 0.05) is 12.8 Å². The molecule has 0 amide bonds. The minimum atomic E-state index is -1.15. The van der Waals surface area contributed by atoms with Crippen LogP contribution in [0.3, 0.4) is 0 Å². The fourth-order valence-electron chi connectivity index (χ4n) is 2.07. The van der Waals surface area contributed by atoms with E-state index in [-0.39, 0.29) is 25.2 Å². The molecular formula is C18H22O5. The summed E-state index contributed by atoms with van der Waals surface area (Å²) in [5, 5.41) is 9.15. The highest BCUT2D eigenvalue weighted by Gasteiger charge is 2.24. The van der Waals surface area contributed by atoms with Crippen molar-refractivity contribution in [2.24, 2.45) is 5.92 Å². The van der Waals surface area contributed by atoms with Crippen molar-refractivity contribution in [1.29, 1.82) is 0 Å². The Bertz CT molecular complexity index is 536. The lowest BCUT2D eigenvalue weighted by Gasteiger charge is -2.11. The van der Waals surface area contributed by atoms with Gasteiger partial charge >= 0.3 is 11.9 Å². The van der Waals surface area contributed by atoms with Gasteiger partial charge in [-0.2, -0.15) is 0 Å². The van der Waals surface area contributed by atoms with Crippen LogP contribution < -0.4 is 0 Å². The number of hydrogen-bond donors (Lipinski definition) is 1. The number of aliphatic carboxylic acids is 1. The summed E-state index contributed by atoms with van der Waals surface area (Å²) in [6, 6.07) is 9.12. The second kappa shape index (κ2) is 10.3. The molecule has 124 valence electrons. The predicted octanol–water partition coefficient (Wildman–Crippen LogP) is 3.14. The standard InChI is InChI=1S/C18H22O5/c1-2-3-5-10-16(19)11-15(18(21)22)12-17(20)23-13-14-8-6-4-7-9-14/h2,4,6-9,15H,1,3,5,10-13H2,(H,21,22)/t15-/m0/s1. The van der Waals surface area contributed by atoms with E-state index in [1.165, 1.54) is 0 Å². The highest BCUT2D eigenvalue weighted by Crippen LogP contribution is 2.14. The van der Waals surface area contributed by atoms with Crippen molar-refractivity contribution < 1.29 is 24.2 Å². The molecule has 0 aromatic heterocycles. The molecule has 1 atom stereocenters. The van der Waals surface area contributed by atoms with E-state index in [2.05, 4.69) is 6.58 Å². The molecule has 5 nitrogen and oxygen atoms in total. The van der Waals surface area contributed by atoms with E-state index in [1.807, 2.05) is 30.3 Å². The van der Waals surface area contributed by atoms with Crippen molar-refractivity contribution >= 4 is 17.7 Å². The summed E-state index contributed by atoms with van der Waals surface area (Å²) in [6.45, 7) is 3.66. The molecule has 23 heavy (non-hydrogen) atoms. The molecule has 1 aromatic rings. The first-order valence-corrected chi connectivity index (χ1v) is 7.58. The lowest BCUT2D eigenvalue weighted by molar-refractivity contribution is -0.153. The topological polar surface area (TPSA) is 80.7 Å². The Morgan fingerprint density at radius 1 is 1.17 bits per heavy atom. The summed E-state index contributed by atoms with van der Waals surface area (Å²) in [7, 11) is 0. The molecule has 0 aliphatic carbocycles. The van der Waals surface area contributed by atoms with Gasteiger partial charge in [-0.25, -0.2) is 0 Å². The lowest BCUT2D eigenvalue weighted by Crippen LogP contribution is -2.22. The Kier molecular flexibility index (Phi) is 8.36. The van der Waals surface area contributed by atoms with Gasteiger partial charge in [-0.05, 0) is 18.4 Å². The van der Waals surface area contributed by atoms with Gasteiger partial charge in [0.2, 0.25) is 0 Å². The van der Waals surface area contributed by atoms with Crippen LogP contribution in [0.25, 0.3) is 0 Å². The van der Waals surface area contributed by atoms with E-state index in [1.54, 1.807) is 6.08 Å². The van der Waals surface area contributed by atoms with Gasteiger partial charge in [0.15, 0.2) is 0 Å². The van der Waals surface area contributed by atoms with E-state index >= 15 is 0 Å². The van der Waals surface area contributed by atoms with Crippen LogP contribution in [0, 0.1) is 5.92 Å². The number of Topliss-reactive ketones (excluding diaryl/α,β-unsaturated/α-hetero) is 1. The molecule has 0 saturated carbocycles. The fourth-order valence-corrected chi connectivity index (χ4v) is 2.07. The lowest BCUT2D eigenvalue weighted by atomic mass is 9.96. The molecule has 0 fully saturated rings. The molecule has 1 N–H and O–H groups in total. The summed E-state index contributed by atoms with van der Waals surface area (Å²) in [6.07, 6.45) is 2.93. The number of unbranched alkanes of at least 4 members (excludes halogenated alkanes) is 1. The molecule has 0 spiro atoms. The summed E-state index contributed by atoms with van der Waals surface area (Å²) in [4.78, 5) is 34.7. The van der Waals surface area contributed by atoms with Gasteiger partial charge in [-0.15, -0.1) is 6.58 Å². The van der Waals surface area contributed by atoms with Crippen molar-refractivity contribution in [2.45, 2.75) is 38.7 Å². The molecule has 0 aliphatic heterocycles. The number of ether oxygens (including phenoxy) is 1. The number of allylic oxidation sites excluding steroid dienone is 1. The van der Waals surface area contributed by atoms with E-state index < -0.39 is 17.9 Å². The summed E-state index contributed by atoms with van der Waals surface area (Å²) < 4.78 is 5.06. The number of carbonyl (C=O) groups is 3. The third-order valence-electron chi connectivity index (χ3n) is 3.34. The van der Waals surface area contributed by atoms with E-state index in [4.69, 9.17) is 9.84 Å². The SMILES string of the molecule is C=CCCCC(=O)C[C@@H](CC(=O)OCc1ccccc1)C(=O)O. The molecule has 1 aromatic carbocycles. The highest BCUT2D eigenvalue weighted by molar-refractivity contribution is 5.86. The molecule has 5 heteroatoms. The van der Waals surface area contributed by atoms with E-state index in [0.717, 1.165) is 5.56 Å². The van der Waals surface area contributed by atoms with Gasteiger partial charge in [-0.3, -0.25) is 14.4 Å². The van der Waals surface area contributed by atoms with Crippen LogP contribution >= 0.6 is 0 Å². The molecule has 0 bridgehead atoms. The number of carbonyl (C=O) groups excluding carboxylic acids is 2. The number of ketones is 1. The molecule has 0 radical (unpaired) electrons. The zero-order valence-electron chi connectivity index (χ0n) is 13.1. The minimum absolute atomic E-state index is 0.0965. The largest absolute Gasteiger partial charge is 0.481 e. The first-order chi connectivity index (χ1) is 11.0. The Morgan fingerprint density at radius 3 is 2.48 bits per heavy atom. The first-order valence-electron chi connectivity index (χ1n) is 7.58. The average molecular weight is 318 g/mol. The normalized spacial score (nSPS) is 11.5. The Morgan fingerprint density at radius 2 is 1.87 bits per heavy atom. The minimum Gasteiger partial charge on any atom is -0.481 e. The zero-order valence-corrected chi connectivity index (χ0v) is 13.1. The Hall–Kier alpha value is -2.43. The quantitative estimate of drug-likeness (QED) is 0.385. The second-order valence-corrected chi connectivity index (χ2v) is 5.31.